The van der Waals surface area contributed by atoms with E-state index < -0.39 is 22.3 Å². The molecule has 6 nitrogen and oxygen atoms in total. The largest absolute Gasteiger partial charge is 0.490 e. The number of aromatic nitrogens is 2. The minimum Gasteiger partial charge on any atom is -0.490 e. The maximum atomic E-state index is 13.0. The zero-order valence-electron chi connectivity index (χ0n) is 16.8. The van der Waals surface area contributed by atoms with Crippen molar-refractivity contribution in [2.75, 3.05) is 19.8 Å². The highest BCUT2D eigenvalue weighted by Gasteiger charge is 2.34. The lowest BCUT2D eigenvalue weighted by molar-refractivity contribution is -0.137. The number of hydrogen-bond acceptors (Lipinski definition) is 6. The molecule has 1 atom stereocenters. The molecule has 0 fully saturated rings. The minimum absolute atomic E-state index is 0.0108. The Kier molecular flexibility index (Phi) is 5.98. The van der Waals surface area contributed by atoms with E-state index in [1.54, 1.807) is 24.3 Å². The second-order valence-corrected chi connectivity index (χ2v) is 7.78. The molecule has 1 aromatic heterocycles. The first-order valence-electron chi connectivity index (χ1n) is 9.81. The molecule has 4 rings (SSSR count). The summed E-state index contributed by atoms with van der Waals surface area (Å²) in [5, 5.41) is -0.420. The number of hydrogen-bond donors (Lipinski definition) is 2. The summed E-state index contributed by atoms with van der Waals surface area (Å²) in [5.74, 6) is 1.18. The highest BCUT2D eigenvalue weighted by molar-refractivity contribution is 6.31. The van der Waals surface area contributed by atoms with Crippen LogP contribution < -0.4 is 20.9 Å². The average molecular weight is 465 g/mol. The molecule has 0 spiro atoms. The SMILES string of the molecule is NCC(N)(c1ccc2c(c1)OCCCO2)c1cc(-c2ccc(C(F)(F)F)c(Cl)c2)ncn1. The van der Waals surface area contributed by atoms with E-state index in [2.05, 4.69) is 9.97 Å². The number of alkyl halides is 3. The molecule has 0 saturated heterocycles. The van der Waals surface area contributed by atoms with Gasteiger partial charge in [-0.15, -0.1) is 0 Å². The smallest absolute Gasteiger partial charge is 0.417 e. The molecule has 10 heteroatoms. The van der Waals surface area contributed by atoms with Gasteiger partial charge in [0, 0.05) is 18.5 Å². The Bertz CT molecular complexity index is 1140. The second kappa shape index (κ2) is 8.57. The van der Waals surface area contributed by atoms with Gasteiger partial charge in [0.05, 0.1) is 40.7 Å². The van der Waals surface area contributed by atoms with Crippen LogP contribution in [0.4, 0.5) is 13.2 Å². The quantitative estimate of drug-likeness (QED) is 0.602. The lowest BCUT2D eigenvalue weighted by Gasteiger charge is -2.29. The third-order valence-electron chi connectivity index (χ3n) is 5.28. The first-order valence-corrected chi connectivity index (χ1v) is 10.2. The normalized spacial score (nSPS) is 15.7. The van der Waals surface area contributed by atoms with E-state index in [4.69, 9.17) is 32.5 Å². The summed E-state index contributed by atoms with van der Waals surface area (Å²) in [6, 6.07) is 10.4. The van der Waals surface area contributed by atoms with Gasteiger partial charge in [0.2, 0.25) is 0 Å². The average Bonchev–Trinajstić information content (AvgIpc) is 3.02. The third kappa shape index (κ3) is 4.23. The van der Waals surface area contributed by atoms with Crippen LogP contribution in [-0.2, 0) is 11.7 Å². The molecule has 3 aromatic rings. The summed E-state index contributed by atoms with van der Waals surface area (Å²) in [7, 11) is 0. The zero-order chi connectivity index (χ0) is 22.9. The number of ether oxygens (including phenoxy) is 2. The Hall–Kier alpha value is -2.88. The number of fused-ring (bicyclic) bond motifs is 1. The van der Waals surface area contributed by atoms with Gasteiger partial charge >= 0.3 is 6.18 Å². The lowest BCUT2D eigenvalue weighted by Crippen LogP contribution is -2.45. The number of nitrogens with zero attached hydrogens (tertiary/aromatic N) is 2. The Balaban J connectivity index is 1.73. The molecule has 2 heterocycles. The molecule has 1 aliphatic rings. The lowest BCUT2D eigenvalue weighted by atomic mass is 9.86. The summed E-state index contributed by atoms with van der Waals surface area (Å²) in [5.41, 5.74) is 12.4. The van der Waals surface area contributed by atoms with Crippen LogP contribution >= 0.6 is 11.6 Å². The fourth-order valence-electron chi connectivity index (χ4n) is 3.47. The van der Waals surface area contributed by atoms with Crippen LogP contribution in [0.5, 0.6) is 11.5 Å². The van der Waals surface area contributed by atoms with E-state index in [9.17, 15) is 13.2 Å². The summed E-state index contributed by atoms with van der Waals surface area (Å²) in [4.78, 5) is 8.47. The van der Waals surface area contributed by atoms with Crippen molar-refractivity contribution in [1.82, 2.24) is 9.97 Å². The second-order valence-electron chi connectivity index (χ2n) is 7.37. The maximum Gasteiger partial charge on any atom is 0.417 e. The summed E-state index contributed by atoms with van der Waals surface area (Å²) in [6.45, 7) is 1.09. The molecule has 1 unspecified atom stereocenters. The predicted octanol–water partition coefficient (Wildman–Crippen LogP) is 4.14. The number of rotatable bonds is 4. The minimum atomic E-state index is -4.55. The third-order valence-corrected chi connectivity index (χ3v) is 5.59. The first-order chi connectivity index (χ1) is 15.2. The molecule has 0 amide bonds. The van der Waals surface area contributed by atoms with Crippen LogP contribution in [0, 0.1) is 0 Å². The molecule has 0 radical (unpaired) electrons. The van der Waals surface area contributed by atoms with E-state index in [1.165, 1.54) is 18.5 Å². The van der Waals surface area contributed by atoms with E-state index in [-0.39, 0.29) is 6.54 Å². The Labute approximate surface area is 187 Å². The van der Waals surface area contributed by atoms with E-state index in [0.29, 0.717) is 47.2 Å². The highest BCUT2D eigenvalue weighted by atomic mass is 35.5. The summed E-state index contributed by atoms with van der Waals surface area (Å²) >= 11 is 5.86. The van der Waals surface area contributed by atoms with Gasteiger partial charge in [-0.3, -0.25) is 0 Å². The van der Waals surface area contributed by atoms with Crippen LogP contribution in [0.2, 0.25) is 5.02 Å². The van der Waals surface area contributed by atoms with Crippen LogP contribution in [0.25, 0.3) is 11.3 Å². The van der Waals surface area contributed by atoms with Crippen molar-refractivity contribution in [2.24, 2.45) is 11.5 Å². The van der Waals surface area contributed by atoms with E-state index >= 15 is 0 Å². The van der Waals surface area contributed by atoms with Gasteiger partial charge < -0.3 is 20.9 Å². The van der Waals surface area contributed by atoms with Crippen LogP contribution in [0.1, 0.15) is 23.2 Å². The summed E-state index contributed by atoms with van der Waals surface area (Å²) in [6.07, 6.45) is -2.49. The topological polar surface area (TPSA) is 96.3 Å². The standard InChI is InChI=1S/C22H20ClF3N4O2/c23-16-8-13(2-4-15(16)22(24,25)26)17-10-20(30-12-29-17)21(28,11-27)14-3-5-18-19(9-14)32-7-1-6-31-18/h2-5,8-10,12H,1,6-7,11,27-28H2. The van der Waals surface area contributed by atoms with E-state index in [0.717, 1.165) is 12.5 Å². The number of benzene rings is 2. The van der Waals surface area contributed by atoms with Gasteiger partial charge in [-0.1, -0.05) is 23.7 Å². The Morgan fingerprint density at radius 1 is 0.969 bits per heavy atom. The number of halogens is 4. The molecule has 2 aromatic carbocycles. The fourth-order valence-corrected chi connectivity index (χ4v) is 3.76. The van der Waals surface area contributed by atoms with Gasteiger partial charge in [0.25, 0.3) is 0 Å². The van der Waals surface area contributed by atoms with Crippen LogP contribution in [0.3, 0.4) is 0 Å². The molecule has 0 bridgehead atoms. The molecular formula is C22H20ClF3N4O2. The van der Waals surface area contributed by atoms with Gasteiger partial charge in [-0.25, -0.2) is 9.97 Å². The molecular weight excluding hydrogens is 445 g/mol. The van der Waals surface area contributed by atoms with Crippen molar-refractivity contribution < 1.29 is 22.6 Å². The van der Waals surface area contributed by atoms with Crippen molar-refractivity contribution in [3.63, 3.8) is 0 Å². The van der Waals surface area contributed by atoms with Crippen molar-refractivity contribution >= 4 is 11.6 Å². The van der Waals surface area contributed by atoms with Crippen molar-refractivity contribution in [2.45, 2.75) is 18.1 Å². The maximum absolute atomic E-state index is 13.0. The monoisotopic (exact) mass is 464 g/mol. The molecule has 0 saturated carbocycles. The van der Waals surface area contributed by atoms with Gasteiger partial charge in [0.1, 0.15) is 6.33 Å². The molecule has 32 heavy (non-hydrogen) atoms. The molecule has 1 aliphatic heterocycles. The van der Waals surface area contributed by atoms with Gasteiger partial charge in [0.15, 0.2) is 11.5 Å². The van der Waals surface area contributed by atoms with Gasteiger partial charge in [-0.2, -0.15) is 13.2 Å². The highest BCUT2D eigenvalue weighted by Crippen LogP contribution is 2.38. The molecule has 4 N–H and O–H groups in total. The first kappa shape index (κ1) is 22.3. The summed E-state index contributed by atoms with van der Waals surface area (Å²) < 4.78 is 50.5. The molecule has 0 aliphatic carbocycles. The van der Waals surface area contributed by atoms with Gasteiger partial charge in [-0.05, 0) is 35.9 Å². The number of nitrogens with two attached hydrogens (primary N) is 2. The zero-order valence-corrected chi connectivity index (χ0v) is 17.6. The Morgan fingerprint density at radius 3 is 2.41 bits per heavy atom. The fraction of sp³-hybridized carbons (Fsp3) is 0.273. The van der Waals surface area contributed by atoms with Crippen LogP contribution in [-0.4, -0.2) is 29.7 Å². The van der Waals surface area contributed by atoms with E-state index in [1.807, 2.05) is 0 Å². The van der Waals surface area contributed by atoms with Crippen LogP contribution in [0.15, 0.2) is 48.8 Å². The molecule has 168 valence electrons. The van der Waals surface area contributed by atoms with Crippen molar-refractivity contribution in [1.29, 1.82) is 0 Å². The van der Waals surface area contributed by atoms with Crippen molar-refractivity contribution in [3.8, 4) is 22.8 Å². The van der Waals surface area contributed by atoms with Crippen molar-refractivity contribution in [3.05, 3.63) is 70.6 Å². The Morgan fingerprint density at radius 2 is 1.72 bits per heavy atom. The predicted molar refractivity (Wildman–Crippen MR) is 114 cm³/mol.